The van der Waals surface area contributed by atoms with Crippen molar-refractivity contribution in [3.63, 3.8) is 0 Å². The van der Waals surface area contributed by atoms with Crippen molar-refractivity contribution in [2.75, 3.05) is 26.2 Å². The molecule has 0 saturated carbocycles. The number of likely N-dealkylation sites (tertiary alicyclic amines) is 2. The molecule has 2 aliphatic rings. The second-order valence-electron chi connectivity index (χ2n) is 8.27. The predicted molar refractivity (Wildman–Crippen MR) is 111 cm³/mol. The van der Waals surface area contributed by atoms with Gasteiger partial charge in [-0.25, -0.2) is 0 Å². The first-order valence-electron chi connectivity index (χ1n) is 10.7. The molecule has 1 N–H and O–H groups in total. The van der Waals surface area contributed by atoms with Gasteiger partial charge in [-0.05, 0) is 50.8 Å². The average molecular weight is 412 g/mol. The van der Waals surface area contributed by atoms with Crippen LogP contribution in [-0.2, 0) is 11.3 Å². The zero-order chi connectivity index (χ0) is 20.9. The zero-order valence-corrected chi connectivity index (χ0v) is 17.4. The highest BCUT2D eigenvalue weighted by Gasteiger charge is 2.33. The van der Waals surface area contributed by atoms with Crippen molar-refractivity contribution in [1.82, 2.24) is 25.3 Å². The number of nitrogens with zero attached hydrogens (tertiary/aromatic N) is 4. The third-order valence-electron chi connectivity index (χ3n) is 6.12. The number of pyridine rings is 1. The quantitative estimate of drug-likeness (QED) is 0.809. The van der Waals surface area contributed by atoms with Crippen LogP contribution >= 0.6 is 0 Å². The van der Waals surface area contributed by atoms with Crippen LogP contribution in [0.4, 0.5) is 0 Å². The van der Waals surface area contributed by atoms with Gasteiger partial charge in [0.1, 0.15) is 0 Å². The Balaban J connectivity index is 1.26. The maximum absolute atomic E-state index is 12.7. The number of rotatable bonds is 5. The van der Waals surface area contributed by atoms with Gasteiger partial charge in [0.05, 0.1) is 11.6 Å². The summed E-state index contributed by atoms with van der Waals surface area (Å²) in [5.41, 5.74) is 1.73. The van der Waals surface area contributed by atoms with E-state index in [4.69, 9.17) is 4.52 Å². The van der Waals surface area contributed by atoms with Gasteiger partial charge in [0.15, 0.2) is 0 Å². The number of aryl methyl sites for hydroxylation is 1. The Morgan fingerprint density at radius 2 is 2.07 bits per heavy atom. The Labute approximate surface area is 176 Å². The number of hydrogen-bond acceptors (Lipinski definition) is 6. The summed E-state index contributed by atoms with van der Waals surface area (Å²) in [5.74, 6) is 0.374. The number of aromatic nitrogens is 2. The van der Waals surface area contributed by atoms with E-state index in [1.807, 2.05) is 24.0 Å². The predicted octanol–water partition coefficient (Wildman–Crippen LogP) is 2.01. The van der Waals surface area contributed by atoms with Crippen LogP contribution in [0.2, 0.25) is 0 Å². The third-order valence-corrected chi connectivity index (χ3v) is 6.12. The first-order chi connectivity index (χ1) is 14.6. The lowest BCUT2D eigenvalue weighted by molar-refractivity contribution is -0.127. The highest BCUT2D eigenvalue weighted by molar-refractivity contribution is 5.91. The summed E-state index contributed by atoms with van der Waals surface area (Å²) < 4.78 is 5.12. The molecule has 0 aromatic carbocycles. The molecule has 4 heterocycles. The lowest BCUT2D eigenvalue weighted by Crippen LogP contribution is -2.51. The molecule has 0 bridgehead atoms. The van der Waals surface area contributed by atoms with Gasteiger partial charge in [-0.2, -0.15) is 0 Å². The van der Waals surface area contributed by atoms with E-state index < -0.39 is 0 Å². The van der Waals surface area contributed by atoms with Crippen molar-refractivity contribution in [3.8, 4) is 0 Å². The smallest absolute Gasteiger partial charge is 0.292 e. The molecule has 160 valence electrons. The van der Waals surface area contributed by atoms with Crippen LogP contribution < -0.4 is 5.32 Å². The second kappa shape index (κ2) is 9.38. The normalized spacial score (nSPS) is 20.8. The molecular weight excluding hydrogens is 382 g/mol. The molecule has 1 unspecified atom stereocenters. The fraction of sp³-hybridized carbons (Fsp3) is 0.545. The molecule has 30 heavy (non-hydrogen) atoms. The number of carbonyl (C=O) groups is 2. The molecule has 4 rings (SSSR count). The number of amides is 2. The van der Waals surface area contributed by atoms with Crippen LogP contribution in [0, 0.1) is 12.8 Å². The highest BCUT2D eigenvalue weighted by atomic mass is 16.5. The van der Waals surface area contributed by atoms with E-state index in [1.54, 1.807) is 18.5 Å². The minimum Gasteiger partial charge on any atom is -0.352 e. The summed E-state index contributed by atoms with van der Waals surface area (Å²) in [7, 11) is 0. The van der Waals surface area contributed by atoms with Gasteiger partial charge in [0.25, 0.3) is 5.91 Å². The van der Waals surface area contributed by atoms with Gasteiger partial charge >= 0.3 is 0 Å². The molecular formula is C22H29N5O3. The molecule has 2 saturated heterocycles. The molecule has 0 spiro atoms. The Morgan fingerprint density at radius 1 is 1.23 bits per heavy atom. The molecule has 0 aliphatic carbocycles. The fourth-order valence-electron chi connectivity index (χ4n) is 4.44. The summed E-state index contributed by atoms with van der Waals surface area (Å²) in [5, 5.41) is 6.87. The number of hydrogen-bond donors (Lipinski definition) is 1. The van der Waals surface area contributed by atoms with E-state index in [0.717, 1.165) is 50.0 Å². The van der Waals surface area contributed by atoms with E-state index >= 15 is 0 Å². The summed E-state index contributed by atoms with van der Waals surface area (Å²) in [6, 6.07) is 5.95. The van der Waals surface area contributed by atoms with Crippen LogP contribution in [0.1, 0.15) is 47.5 Å². The summed E-state index contributed by atoms with van der Waals surface area (Å²) in [6.07, 6.45) is 7.31. The van der Waals surface area contributed by atoms with Crippen molar-refractivity contribution in [1.29, 1.82) is 0 Å². The second-order valence-corrected chi connectivity index (χ2v) is 8.27. The minimum atomic E-state index is -0.0830. The van der Waals surface area contributed by atoms with Crippen LogP contribution in [0.15, 0.2) is 35.1 Å². The average Bonchev–Trinajstić information content (AvgIpc) is 3.24. The summed E-state index contributed by atoms with van der Waals surface area (Å²) in [4.78, 5) is 33.6. The van der Waals surface area contributed by atoms with E-state index in [-0.39, 0.29) is 17.7 Å². The third kappa shape index (κ3) is 4.87. The molecule has 2 aliphatic heterocycles. The Hall–Kier alpha value is -2.74. The number of carbonyl (C=O) groups excluding carboxylic acids is 2. The molecule has 8 nitrogen and oxygen atoms in total. The van der Waals surface area contributed by atoms with Crippen molar-refractivity contribution in [3.05, 3.63) is 47.6 Å². The van der Waals surface area contributed by atoms with Gasteiger partial charge in [-0.3, -0.25) is 19.5 Å². The number of nitrogens with one attached hydrogen (secondary N) is 1. The van der Waals surface area contributed by atoms with Crippen molar-refractivity contribution >= 4 is 11.8 Å². The molecule has 2 aromatic heterocycles. The molecule has 0 radical (unpaired) electrons. The molecule has 8 heteroatoms. The van der Waals surface area contributed by atoms with Gasteiger partial charge in [-0.1, -0.05) is 11.2 Å². The summed E-state index contributed by atoms with van der Waals surface area (Å²) >= 11 is 0. The maximum Gasteiger partial charge on any atom is 0.292 e. The molecule has 1 atom stereocenters. The van der Waals surface area contributed by atoms with Crippen LogP contribution in [0.25, 0.3) is 0 Å². The lowest BCUT2D eigenvalue weighted by atomic mass is 9.93. The minimum absolute atomic E-state index is 0.0206. The van der Waals surface area contributed by atoms with E-state index in [1.165, 1.54) is 0 Å². The highest BCUT2D eigenvalue weighted by Crippen LogP contribution is 2.25. The monoisotopic (exact) mass is 411 g/mol. The standard InChI is InChI=1S/C22H29N5O3/c1-16-12-20(30-25-16)22(29)26-10-6-19(7-11-26)27-9-3-5-18(15-27)21(28)24-14-17-4-2-8-23-13-17/h2,4,8,12-13,18-19H,3,5-7,9-11,14-15H2,1H3,(H,24,28). The van der Waals surface area contributed by atoms with Crippen molar-refractivity contribution < 1.29 is 14.1 Å². The maximum atomic E-state index is 12.7. The van der Waals surface area contributed by atoms with Crippen LogP contribution in [0.5, 0.6) is 0 Å². The van der Waals surface area contributed by atoms with Gasteiger partial charge < -0.3 is 14.7 Å². The first-order valence-corrected chi connectivity index (χ1v) is 10.7. The summed E-state index contributed by atoms with van der Waals surface area (Å²) in [6.45, 7) is 5.55. The van der Waals surface area contributed by atoms with Crippen molar-refractivity contribution in [2.45, 2.75) is 45.2 Å². The SMILES string of the molecule is Cc1cc(C(=O)N2CCC(N3CCCC(C(=O)NCc4cccnc4)C3)CC2)on1. The Morgan fingerprint density at radius 3 is 2.77 bits per heavy atom. The van der Waals surface area contributed by atoms with Crippen LogP contribution in [0.3, 0.4) is 0 Å². The van der Waals surface area contributed by atoms with Crippen molar-refractivity contribution in [2.24, 2.45) is 5.92 Å². The molecule has 2 fully saturated rings. The first kappa shape index (κ1) is 20.5. The lowest BCUT2D eigenvalue weighted by Gasteiger charge is -2.41. The zero-order valence-electron chi connectivity index (χ0n) is 17.4. The van der Waals surface area contributed by atoms with E-state index in [2.05, 4.69) is 20.4 Å². The molecule has 2 aromatic rings. The molecule has 2 amide bonds. The Bertz CT molecular complexity index is 861. The van der Waals surface area contributed by atoms with Gasteiger partial charge in [0.2, 0.25) is 11.7 Å². The topological polar surface area (TPSA) is 91.6 Å². The van der Waals surface area contributed by atoms with E-state index in [0.29, 0.717) is 31.4 Å². The fourth-order valence-corrected chi connectivity index (χ4v) is 4.44. The Kier molecular flexibility index (Phi) is 6.42. The van der Waals surface area contributed by atoms with Gasteiger partial charge in [-0.15, -0.1) is 0 Å². The number of piperidine rings is 2. The van der Waals surface area contributed by atoms with Crippen LogP contribution in [-0.4, -0.2) is 64.0 Å². The van der Waals surface area contributed by atoms with Gasteiger partial charge in [0, 0.05) is 50.7 Å². The largest absolute Gasteiger partial charge is 0.352 e. The van der Waals surface area contributed by atoms with E-state index in [9.17, 15) is 9.59 Å².